The topological polar surface area (TPSA) is 113 Å². The molecular formula is C27H22Cl2FN3O5S2. The second-order valence-corrected chi connectivity index (χ2v) is 12.9. The summed E-state index contributed by atoms with van der Waals surface area (Å²) in [7, 11) is -8.36. The van der Waals surface area contributed by atoms with Crippen molar-refractivity contribution in [3.8, 4) is 0 Å². The van der Waals surface area contributed by atoms with Crippen LogP contribution in [-0.2, 0) is 24.8 Å². The van der Waals surface area contributed by atoms with Gasteiger partial charge in [-0.3, -0.25) is 13.8 Å². The maximum absolute atomic E-state index is 14.7. The predicted octanol–water partition coefficient (Wildman–Crippen LogP) is 6.08. The number of carbonyl (C=O) groups is 1. The van der Waals surface area contributed by atoms with E-state index in [1.54, 1.807) is 19.1 Å². The molecule has 2 N–H and O–H groups in total. The van der Waals surface area contributed by atoms with E-state index < -0.39 is 38.3 Å². The highest BCUT2D eigenvalue weighted by molar-refractivity contribution is 7.93. The second-order valence-electron chi connectivity index (χ2n) is 8.56. The van der Waals surface area contributed by atoms with E-state index in [9.17, 15) is 26.0 Å². The van der Waals surface area contributed by atoms with Gasteiger partial charge < -0.3 is 5.32 Å². The molecule has 4 rings (SSSR count). The highest BCUT2D eigenvalue weighted by Gasteiger charge is 2.29. The Labute approximate surface area is 241 Å². The number of amides is 1. The number of halogens is 3. The van der Waals surface area contributed by atoms with Crippen molar-refractivity contribution in [1.82, 2.24) is 0 Å². The molecule has 0 heterocycles. The van der Waals surface area contributed by atoms with Gasteiger partial charge in [0.25, 0.3) is 20.0 Å². The first-order valence-electron chi connectivity index (χ1n) is 11.6. The molecule has 0 aliphatic heterocycles. The monoisotopic (exact) mass is 621 g/mol. The number of carbonyl (C=O) groups excluding carboxylic acids is 1. The average Bonchev–Trinajstić information content (AvgIpc) is 2.91. The first kappa shape index (κ1) is 29.3. The highest BCUT2D eigenvalue weighted by Crippen LogP contribution is 2.31. The second kappa shape index (κ2) is 11.8. The van der Waals surface area contributed by atoms with Crippen LogP contribution in [0.5, 0.6) is 0 Å². The van der Waals surface area contributed by atoms with Crippen LogP contribution in [0.15, 0.2) is 101 Å². The van der Waals surface area contributed by atoms with Crippen molar-refractivity contribution in [3.63, 3.8) is 0 Å². The Bertz CT molecular complexity index is 1770. The van der Waals surface area contributed by atoms with E-state index in [0.717, 1.165) is 11.6 Å². The molecule has 0 aromatic heterocycles. The number of aryl methyl sites for hydroxylation is 1. The largest absolute Gasteiger partial charge is 0.325 e. The Morgan fingerprint density at radius 2 is 1.45 bits per heavy atom. The minimum atomic E-state index is -4.32. The van der Waals surface area contributed by atoms with Gasteiger partial charge >= 0.3 is 0 Å². The number of sulfonamides is 2. The number of anilines is 3. The van der Waals surface area contributed by atoms with Crippen molar-refractivity contribution < 1.29 is 26.0 Å². The lowest BCUT2D eigenvalue weighted by atomic mass is 10.2. The molecule has 0 saturated heterocycles. The molecule has 13 heteroatoms. The zero-order chi connectivity index (χ0) is 29.1. The summed E-state index contributed by atoms with van der Waals surface area (Å²) in [6.07, 6.45) is 0. The predicted molar refractivity (Wildman–Crippen MR) is 154 cm³/mol. The van der Waals surface area contributed by atoms with Crippen LogP contribution in [0, 0.1) is 12.7 Å². The van der Waals surface area contributed by atoms with Gasteiger partial charge in [0.15, 0.2) is 0 Å². The lowest BCUT2D eigenvalue weighted by Crippen LogP contribution is -2.38. The minimum Gasteiger partial charge on any atom is -0.325 e. The molecule has 1 amide bonds. The number of para-hydroxylation sites is 1. The molecule has 4 aromatic carbocycles. The Balaban J connectivity index is 1.54. The van der Waals surface area contributed by atoms with Gasteiger partial charge in [0.2, 0.25) is 5.91 Å². The van der Waals surface area contributed by atoms with Crippen LogP contribution in [0.3, 0.4) is 0 Å². The fourth-order valence-electron chi connectivity index (χ4n) is 3.63. The van der Waals surface area contributed by atoms with Gasteiger partial charge in [0, 0.05) is 5.69 Å². The van der Waals surface area contributed by atoms with E-state index in [2.05, 4.69) is 10.0 Å². The smallest absolute Gasteiger partial charge is 0.264 e. The van der Waals surface area contributed by atoms with Crippen molar-refractivity contribution in [3.05, 3.63) is 112 Å². The number of nitrogens with zero attached hydrogens (tertiary/aromatic N) is 1. The van der Waals surface area contributed by atoms with Crippen LogP contribution in [0.1, 0.15) is 5.56 Å². The summed E-state index contributed by atoms with van der Waals surface area (Å²) in [4.78, 5) is 12.7. The highest BCUT2D eigenvalue weighted by atomic mass is 35.5. The quantitative estimate of drug-likeness (QED) is 0.235. The van der Waals surface area contributed by atoms with E-state index in [1.807, 2.05) is 0 Å². The van der Waals surface area contributed by atoms with Gasteiger partial charge in [0.05, 0.1) is 31.2 Å². The fourth-order valence-corrected chi connectivity index (χ4v) is 6.53. The Morgan fingerprint density at radius 1 is 0.825 bits per heavy atom. The van der Waals surface area contributed by atoms with E-state index in [4.69, 9.17) is 23.2 Å². The van der Waals surface area contributed by atoms with E-state index in [0.29, 0.717) is 4.31 Å². The third kappa shape index (κ3) is 6.56. The average molecular weight is 623 g/mol. The Morgan fingerprint density at radius 3 is 2.10 bits per heavy atom. The molecule has 0 aliphatic rings. The number of benzene rings is 4. The van der Waals surface area contributed by atoms with Gasteiger partial charge in [-0.2, -0.15) is 0 Å². The third-order valence-corrected chi connectivity index (χ3v) is 9.64. The van der Waals surface area contributed by atoms with Gasteiger partial charge in [-0.25, -0.2) is 21.2 Å². The van der Waals surface area contributed by atoms with Crippen molar-refractivity contribution in [2.45, 2.75) is 16.7 Å². The zero-order valence-electron chi connectivity index (χ0n) is 20.8. The lowest BCUT2D eigenvalue weighted by Gasteiger charge is -2.24. The molecule has 0 fully saturated rings. The lowest BCUT2D eigenvalue weighted by molar-refractivity contribution is -0.114. The van der Waals surface area contributed by atoms with Gasteiger partial charge in [-0.05, 0) is 67.6 Å². The molecule has 0 atom stereocenters. The molecule has 8 nitrogen and oxygen atoms in total. The van der Waals surface area contributed by atoms with E-state index >= 15 is 0 Å². The van der Waals surface area contributed by atoms with Crippen molar-refractivity contribution in [2.24, 2.45) is 0 Å². The molecule has 0 spiro atoms. The first-order valence-corrected chi connectivity index (χ1v) is 15.3. The van der Waals surface area contributed by atoms with Crippen molar-refractivity contribution in [1.29, 1.82) is 0 Å². The van der Waals surface area contributed by atoms with Crippen molar-refractivity contribution >= 4 is 66.2 Å². The van der Waals surface area contributed by atoms with Crippen LogP contribution in [0.2, 0.25) is 10.0 Å². The molecule has 40 heavy (non-hydrogen) atoms. The molecule has 4 aromatic rings. The summed E-state index contributed by atoms with van der Waals surface area (Å²) < 4.78 is 70.1. The van der Waals surface area contributed by atoms with Crippen LogP contribution < -0.4 is 14.3 Å². The maximum atomic E-state index is 14.7. The van der Waals surface area contributed by atoms with Crippen LogP contribution in [0.25, 0.3) is 0 Å². The number of nitrogens with one attached hydrogen (secondary N) is 2. The molecule has 0 radical (unpaired) electrons. The van der Waals surface area contributed by atoms with Crippen LogP contribution >= 0.6 is 23.2 Å². The summed E-state index contributed by atoms with van der Waals surface area (Å²) in [5.74, 6) is -1.61. The fraction of sp³-hybridized carbons (Fsp3) is 0.0741. The third-order valence-electron chi connectivity index (χ3n) is 5.66. The van der Waals surface area contributed by atoms with Gasteiger partial charge in [-0.1, -0.05) is 59.1 Å². The van der Waals surface area contributed by atoms with E-state index in [-0.39, 0.29) is 36.9 Å². The summed E-state index contributed by atoms with van der Waals surface area (Å²) in [6, 6.07) is 20.8. The van der Waals surface area contributed by atoms with Gasteiger partial charge in [-0.15, -0.1) is 0 Å². The molecule has 0 bridgehead atoms. The van der Waals surface area contributed by atoms with Crippen molar-refractivity contribution in [2.75, 3.05) is 20.9 Å². The molecular weight excluding hydrogens is 600 g/mol. The van der Waals surface area contributed by atoms with Gasteiger partial charge in [0.1, 0.15) is 12.4 Å². The standard InChI is InChI=1S/C27H22Cl2FN3O5S2/c1-18-9-13-21(14-10-18)40(37,38)33(25-8-3-2-6-23(25)30)17-26(34)31-19-11-15-20(16-12-19)39(35,36)32-24-7-4-5-22(28)27(24)29/h2-16,32H,17H2,1H3,(H,31,34). The molecule has 0 aliphatic carbocycles. The zero-order valence-corrected chi connectivity index (χ0v) is 24.0. The summed E-state index contributed by atoms with van der Waals surface area (Å²) >= 11 is 12.0. The Hall–Kier alpha value is -3.64. The summed E-state index contributed by atoms with van der Waals surface area (Å²) in [5.41, 5.74) is 0.802. The van der Waals surface area contributed by atoms with Crippen LogP contribution in [0.4, 0.5) is 21.5 Å². The first-order chi connectivity index (χ1) is 18.9. The van der Waals surface area contributed by atoms with Crippen LogP contribution in [-0.4, -0.2) is 29.3 Å². The maximum Gasteiger partial charge on any atom is 0.264 e. The number of rotatable bonds is 9. The SMILES string of the molecule is Cc1ccc(S(=O)(=O)N(CC(=O)Nc2ccc(S(=O)(=O)Nc3cccc(Cl)c3Cl)cc2)c2ccccc2F)cc1. The Kier molecular flexibility index (Phi) is 8.69. The van der Waals surface area contributed by atoms with E-state index in [1.165, 1.54) is 72.8 Å². The minimum absolute atomic E-state index is 0.0385. The summed E-state index contributed by atoms with van der Waals surface area (Å²) in [5, 5.41) is 2.73. The number of hydrogen-bond donors (Lipinski definition) is 2. The molecule has 0 saturated carbocycles. The summed E-state index contributed by atoms with van der Waals surface area (Å²) in [6.45, 7) is 1.05. The normalized spacial score (nSPS) is 11.6. The molecule has 0 unspecified atom stereocenters. The molecule has 208 valence electrons. The number of hydrogen-bond acceptors (Lipinski definition) is 5.